The molecule has 0 radical (unpaired) electrons. The number of nitrogens with zero attached hydrogens (tertiary/aromatic N) is 5. The van der Waals surface area contributed by atoms with Gasteiger partial charge < -0.3 is 30.0 Å². The first kappa shape index (κ1) is 24.3. The normalized spacial score (nSPS) is 10.6. The molecule has 3 aromatic rings. The van der Waals surface area contributed by atoms with E-state index in [1.54, 1.807) is 31.2 Å². The summed E-state index contributed by atoms with van der Waals surface area (Å²) in [6.07, 6.45) is 0. The van der Waals surface area contributed by atoms with Crippen LogP contribution in [0.1, 0.15) is 22.2 Å². The van der Waals surface area contributed by atoms with Gasteiger partial charge in [0.15, 0.2) is 12.4 Å². The third-order valence-electron chi connectivity index (χ3n) is 4.16. The van der Waals surface area contributed by atoms with Crippen LogP contribution in [0.2, 0.25) is 0 Å². The molecule has 33 heavy (non-hydrogen) atoms. The molecular formula is C18H17Br2N7O6. The van der Waals surface area contributed by atoms with Crippen molar-refractivity contribution in [2.75, 3.05) is 19.7 Å². The first-order chi connectivity index (χ1) is 15.7. The molecule has 2 N–H and O–H groups in total. The first-order valence-electron chi connectivity index (χ1n) is 9.37. The van der Waals surface area contributed by atoms with Gasteiger partial charge in [0, 0.05) is 17.6 Å². The Hall–Kier alpha value is -3.33. The summed E-state index contributed by atoms with van der Waals surface area (Å²) < 4.78 is 12.7. The molecule has 0 aliphatic rings. The Kier molecular flexibility index (Phi) is 8.11. The number of carbonyl (C=O) groups is 2. The number of carbonyl (C=O) groups excluding carboxylic acids is 2. The molecule has 2 heterocycles. The van der Waals surface area contributed by atoms with Crippen molar-refractivity contribution in [2.45, 2.75) is 13.5 Å². The monoisotopic (exact) mass is 585 g/mol. The molecule has 0 atom stereocenters. The van der Waals surface area contributed by atoms with Crippen molar-refractivity contribution in [3.8, 4) is 5.75 Å². The van der Waals surface area contributed by atoms with E-state index in [9.17, 15) is 19.7 Å². The van der Waals surface area contributed by atoms with Crippen LogP contribution in [-0.2, 0) is 11.3 Å². The Morgan fingerprint density at radius 2 is 1.91 bits per heavy atom. The summed E-state index contributed by atoms with van der Waals surface area (Å²) in [5, 5.41) is 23.7. The third kappa shape index (κ3) is 6.58. The minimum atomic E-state index is -0.626. The molecule has 2 amide bonds. The Labute approximate surface area is 203 Å². The van der Waals surface area contributed by atoms with Crippen molar-refractivity contribution in [2.24, 2.45) is 0 Å². The summed E-state index contributed by atoms with van der Waals surface area (Å²) in [6.45, 7) is 1.74. The molecule has 0 aliphatic heterocycles. The molecule has 1 aromatic carbocycles. The summed E-state index contributed by atoms with van der Waals surface area (Å²) in [5.74, 6) is -0.917. The number of nitrogens with one attached hydrogen (secondary N) is 2. The number of hydrogen-bond donors (Lipinski definition) is 2. The molecule has 13 nitrogen and oxygen atoms in total. The second-order valence-corrected chi connectivity index (χ2v) is 8.21. The van der Waals surface area contributed by atoms with Gasteiger partial charge in [0.25, 0.3) is 5.91 Å². The van der Waals surface area contributed by atoms with Crippen LogP contribution in [0.4, 0.5) is 5.82 Å². The van der Waals surface area contributed by atoms with Crippen LogP contribution in [-0.4, -0.2) is 56.4 Å². The predicted octanol–water partition coefficient (Wildman–Crippen LogP) is 1.98. The fraction of sp³-hybridized carbons (Fsp3) is 0.278. The summed E-state index contributed by atoms with van der Waals surface area (Å²) in [6, 6.07) is 7.05. The Balaban J connectivity index is 1.41. The molecule has 2 aromatic heterocycles. The summed E-state index contributed by atoms with van der Waals surface area (Å²) >= 11 is 6.43. The fourth-order valence-electron chi connectivity index (χ4n) is 2.51. The lowest BCUT2D eigenvalue weighted by Gasteiger charge is -2.07. The Morgan fingerprint density at radius 1 is 1.21 bits per heavy atom. The number of hydrogen-bond acceptors (Lipinski definition) is 9. The van der Waals surface area contributed by atoms with Crippen molar-refractivity contribution >= 4 is 49.5 Å². The highest BCUT2D eigenvalue weighted by Gasteiger charge is 2.25. The molecule has 0 saturated carbocycles. The van der Waals surface area contributed by atoms with Gasteiger partial charge in [-0.2, -0.15) is 9.67 Å². The zero-order valence-corrected chi connectivity index (χ0v) is 20.3. The number of rotatable bonds is 10. The van der Waals surface area contributed by atoms with E-state index in [-0.39, 0.29) is 54.2 Å². The molecule has 3 rings (SSSR count). The quantitative estimate of drug-likeness (QED) is 0.205. The van der Waals surface area contributed by atoms with E-state index in [0.29, 0.717) is 11.4 Å². The zero-order valence-electron chi connectivity index (χ0n) is 17.1. The van der Waals surface area contributed by atoms with Crippen LogP contribution in [0.25, 0.3) is 0 Å². The number of benzene rings is 1. The highest BCUT2D eigenvalue weighted by molar-refractivity contribution is 9.10. The van der Waals surface area contributed by atoms with Crippen LogP contribution in [0.5, 0.6) is 5.75 Å². The molecule has 0 saturated heterocycles. The SMILES string of the molecule is Cc1c(Br)c([N+](=O)[O-])nn1Cc1noc(C(=O)NCCNC(=O)COc2ccc(Br)cc2)n1. The molecule has 0 aliphatic carbocycles. The van der Waals surface area contributed by atoms with Gasteiger partial charge >= 0.3 is 17.6 Å². The van der Waals surface area contributed by atoms with Crippen molar-refractivity contribution in [3.05, 3.63) is 60.7 Å². The number of ether oxygens (including phenoxy) is 1. The van der Waals surface area contributed by atoms with Gasteiger partial charge in [-0.3, -0.25) is 9.59 Å². The van der Waals surface area contributed by atoms with Gasteiger partial charge in [0.2, 0.25) is 0 Å². The summed E-state index contributed by atoms with van der Waals surface area (Å²) in [7, 11) is 0. The summed E-state index contributed by atoms with van der Waals surface area (Å²) in [4.78, 5) is 38.3. The topological polar surface area (TPSA) is 167 Å². The molecular weight excluding hydrogens is 570 g/mol. The molecule has 15 heteroatoms. The van der Waals surface area contributed by atoms with E-state index in [1.807, 2.05) is 0 Å². The lowest BCUT2D eigenvalue weighted by Crippen LogP contribution is -2.36. The average Bonchev–Trinajstić information content (AvgIpc) is 3.36. The molecule has 174 valence electrons. The van der Waals surface area contributed by atoms with Crippen LogP contribution in [0, 0.1) is 17.0 Å². The predicted molar refractivity (Wildman–Crippen MR) is 120 cm³/mol. The van der Waals surface area contributed by atoms with Crippen molar-refractivity contribution in [1.29, 1.82) is 0 Å². The van der Waals surface area contributed by atoms with E-state index in [4.69, 9.17) is 9.26 Å². The molecule has 0 spiro atoms. The Morgan fingerprint density at radius 3 is 2.58 bits per heavy atom. The lowest BCUT2D eigenvalue weighted by atomic mass is 10.3. The summed E-state index contributed by atoms with van der Waals surface area (Å²) in [5.41, 5.74) is 0.498. The zero-order chi connectivity index (χ0) is 24.0. The number of nitro groups is 1. The van der Waals surface area contributed by atoms with Gasteiger partial charge in [-0.15, -0.1) is 0 Å². The largest absolute Gasteiger partial charge is 0.484 e. The highest BCUT2D eigenvalue weighted by atomic mass is 79.9. The lowest BCUT2D eigenvalue weighted by molar-refractivity contribution is -0.390. The van der Waals surface area contributed by atoms with Crippen molar-refractivity contribution < 1.29 is 23.8 Å². The van der Waals surface area contributed by atoms with E-state index < -0.39 is 10.8 Å². The van der Waals surface area contributed by atoms with Gasteiger partial charge in [0.05, 0.1) is 10.8 Å². The third-order valence-corrected chi connectivity index (χ3v) is 5.62. The first-order valence-corrected chi connectivity index (χ1v) is 11.0. The van der Waals surface area contributed by atoms with E-state index in [2.05, 4.69) is 57.7 Å². The second kappa shape index (κ2) is 11.0. The van der Waals surface area contributed by atoms with Crippen LogP contribution >= 0.6 is 31.9 Å². The van der Waals surface area contributed by atoms with Crippen LogP contribution < -0.4 is 15.4 Å². The average molecular weight is 587 g/mol. The van der Waals surface area contributed by atoms with Crippen LogP contribution in [0.15, 0.2) is 37.7 Å². The van der Waals surface area contributed by atoms with Gasteiger partial charge in [0.1, 0.15) is 16.8 Å². The molecule has 0 bridgehead atoms. The number of amides is 2. The van der Waals surface area contributed by atoms with Gasteiger partial charge in [-0.25, -0.2) is 0 Å². The van der Waals surface area contributed by atoms with Crippen LogP contribution in [0.3, 0.4) is 0 Å². The maximum absolute atomic E-state index is 12.1. The van der Waals surface area contributed by atoms with E-state index in [0.717, 1.165) is 4.47 Å². The highest BCUT2D eigenvalue weighted by Crippen LogP contribution is 2.27. The fourth-order valence-corrected chi connectivity index (χ4v) is 3.20. The molecule has 0 unspecified atom stereocenters. The maximum Gasteiger partial charge on any atom is 0.404 e. The second-order valence-electron chi connectivity index (χ2n) is 6.50. The van der Waals surface area contributed by atoms with Gasteiger partial charge in [-0.05, 0) is 52.0 Å². The molecule has 0 fully saturated rings. The van der Waals surface area contributed by atoms with Crippen molar-refractivity contribution in [1.82, 2.24) is 30.6 Å². The van der Waals surface area contributed by atoms with E-state index >= 15 is 0 Å². The number of aromatic nitrogens is 4. The Bertz CT molecular complexity index is 1160. The standard InChI is InChI=1S/C18H17Br2N7O6/c1-10-15(20)16(27(30)31)24-26(10)8-13-23-18(33-25-13)17(29)22-7-6-21-14(28)9-32-12-4-2-11(19)3-5-12/h2-5H,6-9H2,1H3,(H,21,28)(H,22,29). The smallest absolute Gasteiger partial charge is 0.404 e. The minimum absolute atomic E-state index is 0.0243. The van der Waals surface area contributed by atoms with E-state index in [1.165, 1.54) is 4.68 Å². The maximum atomic E-state index is 12.1. The van der Waals surface area contributed by atoms with Crippen molar-refractivity contribution in [3.63, 3.8) is 0 Å². The minimum Gasteiger partial charge on any atom is -0.484 e. The van der Waals surface area contributed by atoms with Gasteiger partial charge in [-0.1, -0.05) is 21.1 Å². The number of halogens is 2.